The Balaban J connectivity index is 0.00000353. The predicted octanol–water partition coefficient (Wildman–Crippen LogP) is 3.69. The van der Waals surface area contributed by atoms with E-state index in [2.05, 4.69) is 16.4 Å². The maximum atomic E-state index is 12.8. The zero-order chi connectivity index (χ0) is 26.5. The molecule has 1 aliphatic heterocycles. The first-order valence-electron chi connectivity index (χ1n) is 12.2. The number of aliphatic imine (C=N–C) groups is 1. The molecule has 5 rings (SSSR count). The van der Waals surface area contributed by atoms with Crippen LogP contribution in [0.3, 0.4) is 0 Å². The van der Waals surface area contributed by atoms with Gasteiger partial charge in [-0.3, -0.25) is 14.6 Å². The van der Waals surface area contributed by atoms with Crippen molar-refractivity contribution in [2.45, 2.75) is 25.9 Å². The van der Waals surface area contributed by atoms with E-state index in [1.165, 1.54) is 11.8 Å². The molecule has 1 unspecified atom stereocenters. The van der Waals surface area contributed by atoms with Gasteiger partial charge in [0.25, 0.3) is 5.91 Å². The summed E-state index contributed by atoms with van der Waals surface area (Å²) in [6.45, 7) is 2.23. The van der Waals surface area contributed by atoms with Gasteiger partial charge in [0, 0.05) is 5.56 Å². The molecule has 0 aliphatic carbocycles. The minimum Gasteiger partial charge on any atom is -0.488 e. The third-order valence-corrected chi connectivity index (χ3v) is 7.08. The minimum atomic E-state index is -0.900. The van der Waals surface area contributed by atoms with Gasteiger partial charge in [0.05, 0.1) is 10.8 Å². The Morgan fingerprint density at radius 1 is 1.08 bits per heavy atom. The zero-order valence-electron chi connectivity index (χ0n) is 21.7. The van der Waals surface area contributed by atoms with Crippen molar-refractivity contribution in [3.05, 3.63) is 113 Å². The number of thioether (sulfide) groups is 1. The van der Waals surface area contributed by atoms with Gasteiger partial charge in [0.2, 0.25) is 0 Å². The number of amides is 1. The van der Waals surface area contributed by atoms with E-state index in [4.69, 9.17) is 4.74 Å². The average Bonchev–Trinajstić information content (AvgIpc) is 3.26. The van der Waals surface area contributed by atoms with Crippen molar-refractivity contribution >= 4 is 51.3 Å². The quantitative estimate of drug-likeness (QED) is 0.201. The number of hydrogen-bond acceptors (Lipinski definition) is 5. The second kappa shape index (κ2) is 13.1. The minimum absolute atomic E-state index is 0. The number of aliphatic carboxylic acids is 1. The number of carboxylic acids is 1. The normalized spacial score (nSPS) is 15.7. The number of nitrogens with zero attached hydrogens (tertiary/aromatic N) is 1. The summed E-state index contributed by atoms with van der Waals surface area (Å²) in [5.41, 5.74) is 2.96. The predicted molar refractivity (Wildman–Crippen MR) is 151 cm³/mol. The molecule has 190 valence electrons. The standard InChI is InChI=1S/C31H25N2O4S.Na/c1-2-26(30(35)36)23-13-8-14-25(16-23)32-31-33-29(34)28(38-31)18-24-15-21-11-6-7-12-22(21)17-27(24)37-19-20-9-4-3-5-10-20;/h3-12,14-18,26H,2,19H2,1H3,(H,35,36)(H,32,33,34);/q-1;+1. The van der Waals surface area contributed by atoms with Crippen LogP contribution in [-0.2, 0) is 16.2 Å². The molecule has 6 nitrogen and oxygen atoms in total. The second-order valence-corrected chi connectivity index (χ2v) is 9.83. The number of rotatable bonds is 8. The number of benzene rings is 4. The molecular weight excluding hydrogens is 519 g/mol. The Morgan fingerprint density at radius 2 is 1.79 bits per heavy atom. The van der Waals surface area contributed by atoms with Gasteiger partial charge in [-0.25, -0.2) is 0 Å². The third-order valence-electron chi connectivity index (χ3n) is 6.17. The van der Waals surface area contributed by atoms with Crippen molar-refractivity contribution in [2.24, 2.45) is 4.99 Å². The van der Waals surface area contributed by atoms with Gasteiger partial charge >= 0.3 is 35.5 Å². The summed E-state index contributed by atoms with van der Waals surface area (Å²) in [4.78, 5) is 29.4. The van der Waals surface area contributed by atoms with Gasteiger partial charge < -0.3 is 15.2 Å². The van der Waals surface area contributed by atoms with Crippen LogP contribution in [0.15, 0.2) is 94.8 Å². The number of carbonyl (C=O) groups excluding carboxylic acids is 1. The van der Waals surface area contributed by atoms with E-state index in [1.807, 2.05) is 79.7 Å². The number of ether oxygens (including phenoxy) is 1. The molecule has 2 N–H and O–H groups in total. The average molecular weight is 545 g/mol. The molecule has 0 radical (unpaired) electrons. The first-order chi connectivity index (χ1) is 18.5. The Bertz CT molecular complexity index is 1570. The van der Waals surface area contributed by atoms with Crippen molar-refractivity contribution in [2.75, 3.05) is 0 Å². The molecule has 1 saturated heterocycles. The molecule has 1 heterocycles. The largest absolute Gasteiger partial charge is 1.00 e. The number of carbonyl (C=O) groups is 2. The SMILES string of the molecule is CCC(C(=O)O)c1[c-]ccc(N=C2NC(=O)C(=Cc3cc4ccccc4cc3OCc3ccccc3)S2)c1.[Na+]. The van der Waals surface area contributed by atoms with Crippen LogP contribution in [-0.4, -0.2) is 22.2 Å². The summed E-state index contributed by atoms with van der Waals surface area (Å²) >= 11 is 1.23. The molecule has 1 amide bonds. The van der Waals surface area contributed by atoms with E-state index in [-0.39, 0.29) is 35.5 Å². The van der Waals surface area contributed by atoms with Crippen LogP contribution >= 0.6 is 11.8 Å². The maximum absolute atomic E-state index is 12.8. The molecule has 4 aromatic carbocycles. The number of fused-ring (bicyclic) bond motifs is 1. The maximum Gasteiger partial charge on any atom is 1.00 e. The monoisotopic (exact) mass is 544 g/mol. The number of nitrogens with one attached hydrogen (secondary N) is 1. The Kier molecular flexibility index (Phi) is 9.64. The molecule has 8 heteroatoms. The van der Waals surface area contributed by atoms with Crippen LogP contribution in [0.4, 0.5) is 5.69 Å². The fourth-order valence-electron chi connectivity index (χ4n) is 4.22. The molecule has 1 atom stereocenters. The number of hydrogen-bond donors (Lipinski definition) is 2. The first-order valence-corrected chi connectivity index (χ1v) is 13.1. The summed E-state index contributed by atoms with van der Waals surface area (Å²) in [5.74, 6) is -1.13. The van der Waals surface area contributed by atoms with Gasteiger partial charge in [0.1, 0.15) is 12.4 Å². The van der Waals surface area contributed by atoms with E-state index in [0.717, 1.165) is 21.9 Å². The van der Waals surface area contributed by atoms with E-state index in [9.17, 15) is 14.7 Å². The first kappa shape index (κ1) is 28.6. The molecule has 39 heavy (non-hydrogen) atoms. The molecule has 1 fully saturated rings. The molecule has 0 spiro atoms. The smallest absolute Gasteiger partial charge is 0.488 e. The zero-order valence-corrected chi connectivity index (χ0v) is 24.5. The summed E-state index contributed by atoms with van der Waals surface area (Å²) in [6, 6.07) is 30.0. The fourth-order valence-corrected chi connectivity index (χ4v) is 5.05. The number of carboxylic acid groups (broad SMARTS) is 1. The van der Waals surface area contributed by atoms with Gasteiger partial charge in [0.15, 0.2) is 5.17 Å². The van der Waals surface area contributed by atoms with Gasteiger partial charge in [-0.1, -0.05) is 61.5 Å². The van der Waals surface area contributed by atoms with Crippen LogP contribution in [0, 0.1) is 6.07 Å². The van der Waals surface area contributed by atoms with Gasteiger partial charge in [-0.05, 0) is 58.4 Å². The Hall–Kier alpha value is -3.36. The van der Waals surface area contributed by atoms with E-state index in [0.29, 0.717) is 40.1 Å². The van der Waals surface area contributed by atoms with E-state index in [1.54, 1.807) is 18.2 Å². The van der Waals surface area contributed by atoms with E-state index >= 15 is 0 Å². The van der Waals surface area contributed by atoms with Crippen LogP contribution in [0.1, 0.15) is 36.0 Å². The topological polar surface area (TPSA) is 88.0 Å². The van der Waals surface area contributed by atoms with Crippen LogP contribution < -0.4 is 39.6 Å². The molecule has 0 saturated carbocycles. The van der Waals surface area contributed by atoms with Crippen LogP contribution in [0.25, 0.3) is 16.8 Å². The second-order valence-electron chi connectivity index (χ2n) is 8.79. The van der Waals surface area contributed by atoms with Crippen molar-refractivity contribution in [3.8, 4) is 5.75 Å². The van der Waals surface area contributed by atoms with Crippen molar-refractivity contribution in [1.82, 2.24) is 5.32 Å². The van der Waals surface area contributed by atoms with E-state index < -0.39 is 11.9 Å². The Labute approximate surface area is 253 Å². The summed E-state index contributed by atoms with van der Waals surface area (Å²) in [7, 11) is 0. The van der Waals surface area contributed by atoms with Gasteiger partial charge in [-0.15, -0.1) is 17.7 Å². The fraction of sp³-hybridized carbons (Fsp3) is 0.129. The van der Waals surface area contributed by atoms with Crippen molar-refractivity contribution < 1.29 is 49.0 Å². The van der Waals surface area contributed by atoms with Crippen molar-refractivity contribution in [1.29, 1.82) is 0 Å². The molecule has 4 aromatic rings. The molecular formula is C31H25N2NaO4S. The summed E-state index contributed by atoms with van der Waals surface area (Å²) in [6.07, 6.45) is 2.27. The molecule has 1 aliphatic rings. The molecule has 0 bridgehead atoms. The van der Waals surface area contributed by atoms with Crippen LogP contribution in [0.2, 0.25) is 0 Å². The summed E-state index contributed by atoms with van der Waals surface area (Å²) < 4.78 is 6.20. The molecule has 0 aromatic heterocycles. The van der Waals surface area contributed by atoms with Crippen molar-refractivity contribution in [3.63, 3.8) is 0 Å². The third kappa shape index (κ3) is 6.99. The van der Waals surface area contributed by atoms with Crippen LogP contribution in [0.5, 0.6) is 5.75 Å². The van der Waals surface area contributed by atoms with Gasteiger partial charge in [-0.2, -0.15) is 12.1 Å². The summed E-state index contributed by atoms with van der Waals surface area (Å²) in [5, 5.41) is 14.8. The number of amidine groups is 1. The Morgan fingerprint density at radius 3 is 2.51 bits per heavy atom.